The summed E-state index contributed by atoms with van der Waals surface area (Å²) in [6.45, 7) is 0. The number of hydrogen-bond donors (Lipinski definition) is 3. The van der Waals surface area contributed by atoms with Crippen LogP contribution in [0.2, 0.25) is 0 Å². The van der Waals surface area contributed by atoms with E-state index in [9.17, 15) is 9.59 Å². The molecule has 0 spiro atoms. The van der Waals surface area contributed by atoms with Gasteiger partial charge in [0.25, 0.3) is 0 Å². The fourth-order valence-electron chi connectivity index (χ4n) is 3.28. The molecule has 0 aromatic carbocycles. The highest BCUT2D eigenvalue weighted by Gasteiger charge is 2.40. The molecule has 19 heavy (non-hydrogen) atoms. The summed E-state index contributed by atoms with van der Waals surface area (Å²) in [5.41, 5.74) is 0. The summed E-state index contributed by atoms with van der Waals surface area (Å²) < 4.78 is 0. The van der Waals surface area contributed by atoms with Crippen LogP contribution in [0.3, 0.4) is 0 Å². The Kier molecular flexibility index (Phi) is 4.96. The van der Waals surface area contributed by atoms with E-state index in [-0.39, 0.29) is 12.1 Å². The average molecular weight is 286 g/mol. The van der Waals surface area contributed by atoms with Crippen molar-refractivity contribution in [2.24, 2.45) is 11.8 Å². The van der Waals surface area contributed by atoms with Gasteiger partial charge in [0.1, 0.15) is 6.04 Å². The van der Waals surface area contributed by atoms with Crippen LogP contribution < -0.4 is 10.6 Å². The van der Waals surface area contributed by atoms with Crippen molar-refractivity contribution in [2.45, 2.75) is 44.2 Å². The standard InChI is InChI=1S/C13H22N2O3S/c1-19-5-4-10(12(16)17)14-13(18)15-11-7-8-2-3-9(11)6-8/h8-11H,2-7H2,1H3,(H,16,17)(H2,14,15,18). The molecule has 4 unspecified atom stereocenters. The number of hydrogen-bond acceptors (Lipinski definition) is 3. The third-order valence-corrected chi connectivity index (χ3v) is 4.91. The molecule has 0 aromatic heterocycles. The summed E-state index contributed by atoms with van der Waals surface area (Å²) in [5, 5.41) is 14.6. The fraction of sp³-hybridized carbons (Fsp3) is 0.846. The molecule has 2 aliphatic carbocycles. The largest absolute Gasteiger partial charge is 0.480 e. The molecule has 0 radical (unpaired) electrons. The zero-order valence-corrected chi connectivity index (χ0v) is 12.0. The number of urea groups is 1. The monoisotopic (exact) mass is 286 g/mol. The Morgan fingerprint density at radius 2 is 2.16 bits per heavy atom. The first-order valence-corrected chi connectivity index (χ1v) is 8.28. The maximum absolute atomic E-state index is 11.9. The summed E-state index contributed by atoms with van der Waals surface area (Å²) in [4.78, 5) is 22.9. The topological polar surface area (TPSA) is 78.4 Å². The Labute approximate surface area is 117 Å². The van der Waals surface area contributed by atoms with Gasteiger partial charge in [0, 0.05) is 6.04 Å². The van der Waals surface area contributed by atoms with Gasteiger partial charge in [-0.1, -0.05) is 6.42 Å². The predicted molar refractivity (Wildman–Crippen MR) is 75.3 cm³/mol. The lowest BCUT2D eigenvalue weighted by Crippen LogP contribution is -2.50. The van der Waals surface area contributed by atoms with Gasteiger partial charge < -0.3 is 15.7 Å². The molecule has 2 saturated carbocycles. The quantitative estimate of drug-likeness (QED) is 0.694. The molecular weight excluding hydrogens is 264 g/mol. The molecule has 2 aliphatic rings. The summed E-state index contributed by atoms with van der Waals surface area (Å²) in [7, 11) is 0. The molecule has 6 heteroatoms. The van der Waals surface area contributed by atoms with Crippen molar-refractivity contribution in [1.29, 1.82) is 0 Å². The molecule has 0 aromatic rings. The molecule has 5 nitrogen and oxygen atoms in total. The minimum atomic E-state index is -0.961. The second kappa shape index (κ2) is 6.50. The number of carboxylic acids is 1. The van der Waals surface area contributed by atoms with E-state index in [2.05, 4.69) is 10.6 Å². The lowest BCUT2D eigenvalue weighted by molar-refractivity contribution is -0.139. The molecule has 2 amide bonds. The summed E-state index contributed by atoms with van der Waals surface area (Å²) >= 11 is 1.58. The van der Waals surface area contributed by atoms with Gasteiger partial charge in [0.15, 0.2) is 0 Å². The van der Waals surface area contributed by atoms with Crippen LogP contribution in [0.25, 0.3) is 0 Å². The Hall–Kier alpha value is -0.910. The van der Waals surface area contributed by atoms with Crippen molar-refractivity contribution >= 4 is 23.8 Å². The number of carbonyl (C=O) groups is 2. The minimum Gasteiger partial charge on any atom is -0.480 e. The highest BCUT2D eigenvalue weighted by molar-refractivity contribution is 7.98. The summed E-state index contributed by atoms with van der Waals surface area (Å²) in [6.07, 6.45) is 7.15. The van der Waals surface area contributed by atoms with E-state index in [4.69, 9.17) is 5.11 Å². The molecular formula is C13H22N2O3S. The van der Waals surface area contributed by atoms with Gasteiger partial charge in [-0.25, -0.2) is 9.59 Å². The van der Waals surface area contributed by atoms with Crippen molar-refractivity contribution in [3.63, 3.8) is 0 Å². The van der Waals surface area contributed by atoms with Crippen LogP contribution in [0, 0.1) is 11.8 Å². The van der Waals surface area contributed by atoms with Crippen molar-refractivity contribution in [1.82, 2.24) is 10.6 Å². The molecule has 0 heterocycles. The van der Waals surface area contributed by atoms with E-state index < -0.39 is 12.0 Å². The third kappa shape index (κ3) is 3.78. The molecule has 3 N–H and O–H groups in total. The summed E-state index contributed by atoms with van der Waals surface area (Å²) in [6, 6.07) is -0.870. The zero-order valence-electron chi connectivity index (χ0n) is 11.2. The first-order valence-electron chi connectivity index (χ1n) is 6.89. The SMILES string of the molecule is CSCCC(NC(=O)NC1CC2CCC1C2)C(=O)O. The maximum atomic E-state index is 11.9. The van der Waals surface area contributed by atoms with Crippen molar-refractivity contribution < 1.29 is 14.7 Å². The Bertz CT molecular complexity index is 351. The van der Waals surface area contributed by atoms with Crippen LogP contribution in [0.4, 0.5) is 4.79 Å². The average Bonchev–Trinajstić information content (AvgIpc) is 2.96. The van der Waals surface area contributed by atoms with E-state index in [1.807, 2.05) is 6.26 Å². The number of carboxylic acid groups (broad SMARTS) is 1. The highest BCUT2D eigenvalue weighted by atomic mass is 32.2. The normalized spacial score (nSPS) is 30.1. The van der Waals surface area contributed by atoms with Crippen molar-refractivity contribution in [3.05, 3.63) is 0 Å². The molecule has 2 fully saturated rings. The number of carbonyl (C=O) groups excluding carboxylic acids is 1. The lowest BCUT2D eigenvalue weighted by Gasteiger charge is -2.24. The lowest BCUT2D eigenvalue weighted by atomic mass is 9.95. The van der Waals surface area contributed by atoms with Gasteiger partial charge in [-0.2, -0.15) is 11.8 Å². The van der Waals surface area contributed by atoms with Crippen LogP contribution in [0.1, 0.15) is 32.1 Å². The fourth-order valence-corrected chi connectivity index (χ4v) is 3.75. The predicted octanol–water partition coefficient (Wildman–Crippen LogP) is 1.68. The molecule has 4 atom stereocenters. The summed E-state index contributed by atoms with van der Waals surface area (Å²) in [5.74, 6) is 1.13. The number of rotatable bonds is 6. The van der Waals surface area contributed by atoms with E-state index in [1.165, 1.54) is 19.3 Å². The molecule has 108 valence electrons. The van der Waals surface area contributed by atoms with Gasteiger partial charge in [-0.05, 0) is 49.5 Å². The second-order valence-corrected chi connectivity index (χ2v) is 6.56. The van der Waals surface area contributed by atoms with Gasteiger partial charge in [0.05, 0.1) is 0 Å². The second-order valence-electron chi connectivity index (χ2n) is 5.57. The third-order valence-electron chi connectivity index (χ3n) is 4.27. The van der Waals surface area contributed by atoms with Crippen LogP contribution in [-0.4, -0.2) is 41.2 Å². The van der Waals surface area contributed by atoms with Crippen LogP contribution in [-0.2, 0) is 4.79 Å². The Morgan fingerprint density at radius 3 is 2.68 bits per heavy atom. The number of amides is 2. The van der Waals surface area contributed by atoms with Crippen LogP contribution >= 0.6 is 11.8 Å². The maximum Gasteiger partial charge on any atom is 0.326 e. The van der Waals surface area contributed by atoms with E-state index in [0.29, 0.717) is 12.3 Å². The first kappa shape index (κ1) is 14.5. The van der Waals surface area contributed by atoms with E-state index in [1.54, 1.807) is 11.8 Å². The smallest absolute Gasteiger partial charge is 0.326 e. The number of nitrogens with one attached hydrogen (secondary N) is 2. The van der Waals surface area contributed by atoms with Crippen LogP contribution in [0.15, 0.2) is 0 Å². The van der Waals surface area contributed by atoms with Gasteiger partial charge in [-0.3, -0.25) is 0 Å². The molecule has 0 saturated heterocycles. The molecule has 0 aliphatic heterocycles. The van der Waals surface area contributed by atoms with E-state index >= 15 is 0 Å². The van der Waals surface area contributed by atoms with E-state index in [0.717, 1.165) is 18.1 Å². The van der Waals surface area contributed by atoms with Gasteiger partial charge >= 0.3 is 12.0 Å². The Balaban J connectivity index is 1.77. The molecule has 2 bridgehead atoms. The van der Waals surface area contributed by atoms with Gasteiger partial charge in [-0.15, -0.1) is 0 Å². The number of aliphatic carboxylic acids is 1. The van der Waals surface area contributed by atoms with Crippen molar-refractivity contribution in [2.75, 3.05) is 12.0 Å². The Morgan fingerprint density at radius 1 is 1.37 bits per heavy atom. The zero-order chi connectivity index (χ0) is 13.8. The first-order chi connectivity index (χ1) is 9.10. The van der Waals surface area contributed by atoms with Crippen molar-refractivity contribution in [3.8, 4) is 0 Å². The van der Waals surface area contributed by atoms with Crippen LogP contribution in [0.5, 0.6) is 0 Å². The minimum absolute atomic E-state index is 0.244. The van der Waals surface area contributed by atoms with Gasteiger partial charge in [0.2, 0.25) is 0 Å². The number of fused-ring (bicyclic) bond motifs is 2. The highest BCUT2D eigenvalue weighted by Crippen LogP contribution is 2.44. The molecule has 2 rings (SSSR count). The number of thioether (sulfide) groups is 1.